The second-order valence-corrected chi connectivity index (χ2v) is 7.73. The number of phenolic OH excluding ortho intramolecular Hbond substituents is 3. The minimum atomic E-state index is -1.73. The maximum atomic E-state index is 12.5. The van der Waals surface area contributed by atoms with Crippen molar-refractivity contribution in [3.8, 4) is 28.7 Å². The molecular weight excluding hydrogens is 444 g/mol. The lowest BCUT2D eigenvalue weighted by molar-refractivity contribution is -0.277. The Hall–Kier alpha value is -3.13. The van der Waals surface area contributed by atoms with E-state index in [1.807, 2.05) is 0 Å². The summed E-state index contributed by atoms with van der Waals surface area (Å²) in [5, 5.41) is 79.4. The number of ether oxygens (including phenoxy) is 3. The number of carbonyl (C=O) groups is 1. The van der Waals surface area contributed by atoms with Gasteiger partial charge in [-0.1, -0.05) is 6.07 Å². The van der Waals surface area contributed by atoms with Gasteiger partial charge in [-0.25, -0.2) is 0 Å². The summed E-state index contributed by atoms with van der Waals surface area (Å²) >= 11 is 0. The Morgan fingerprint density at radius 1 is 0.909 bits per heavy atom. The van der Waals surface area contributed by atoms with Crippen molar-refractivity contribution in [2.75, 3.05) is 6.61 Å². The molecule has 2 aromatic rings. The molecule has 2 aliphatic rings. The van der Waals surface area contributed by atoms with Crippen molar-refractivity contribution < 1.29 is 59.9 Å². The summed E-state index contributed by atoms with van der Waals surface area (Å²) < 4.78 is 16.2. The van der Waals surface area contributed by atoms with Gasteiger partial charge in [0.05, 0.1) is 6.61 Å². The zero-order valence-electron chi connectivity index (χ0n) is 16.8. The lowest BCUT2D eigenvalue weighted by Crippen LogP contribution is -2.60. The largest absolute Gasteiger partial charge is 0.508 e. The molecule has 2 aromatic carbocycles. The summed E-state index contributed by atoms with van der Waals surface area (Å²) in [6.07, 6.45) is -10.7. The summed E-state index contributed by atoms with van der Waals surface area (Å²) in [7, 11) is 0. The van der Waals surface area contributed by atoms with Gasteiger partial charge in [0.2, 0.25) is 12.1 Å². The highest BCUT2D eigenvalue weighted by Crippen LogP contribution is 2.43. The van der Waals surface area contributed by atoms with Gasteiger partial charge in [-0.15, -0.1) is 0 Å². The number of aromatic hydroxyl groups is 3. The molecule has 0 bridgehead atoms. The first kappa shape index (κ1) is 23.0. The molecule has 1 fully saturated rings. The number of aliphatic hydroxyl groups is 5. The summed E-state index contributed by atoms with van der Waals surface area (Å²) in [5.41, 5.74) is -0.147. The summed E-state index contributed by atoms with van der Waals surface area (Å²) in [4.78, 5) is 12.5. The zero-order valence-corrected chi connectivity index (χ0v) is 16.8. The molecule has 1 saturated heterocycles. The number of rotatable bonds is 4. The van der Waals surface area contributed by atoms with E-state index in [2.05, 4.69) is 0 Å². The molecule has 4 rings (SSSR count). The van der Waals surface area contributed by atoms with Crippen LogP contribution in [-0.4, -0.2) is 90.1 Å². The molecule has 33 heavy (non-hydrogen) atoms. The van der Waals surface area contributed by atoms with E-state index in [1.165, 1.54) is 12.1 Å². The molecule has 0 radical (unpaired) electrons. The smallest absolute Gasteiger partial charge is 0.229 e. The fourth-order valence-electron chi connectivity index (χ4n) is 3.77. The van der Waals surface area contributed by atoms with Crippen molar-refractivity contribution in [1.82, 2.24) is 0 Å². The molecule has 2 heterocycles. The van der Waals surface area contributed by atoms with E-state index in [1.54, 1.807) is 0 Å². The molecule has 0 amide bonds. The Morgan fingerprint density at radius 2 is 1.64 bits per heavy atom. The molecule has 12 heteroatoms. The number of Topliss-reactive ketones (excluding diaryl/α,β-unsaturated/α-hetero) is 1. The van der Waals surface area contributed by atoms with Gasteiger partial charge in [0.1, 0.15) is 47.2 Å². The van der Waals surface area contributed by atoms with Crippen LogP contribution in [0.1, 0.15) is 22.0 Å². The second-order valence-electron chi connectivity index (χ2n) is 7.73. The highest BCUT2D eigenvalue weighted by molar-refractivity contribution is 6.05. The van der Waals surface area contributed by atoms with Gasteiger partial charge in [0.15, 0.2) is 23.7 Å². The topological polar surface area (TPSA) is 207 Å². The van der Waals surface area contributed by atoms with Crippen molar-refractivity contribution in [2.45, 2.75) is 42.9 Å². The van der Waals surface area contributed by atoms with Crippen LogP contribution in [0.25, 0.3) is 0 Å². The summed E-state index contributed by atoms with van der Waals surface area (Å²) in [5.74, 6) is -2.64. The van der Waals surface area contributed by atoms with Crippen LogP contribution in [0.4, 0.5) is 0 Å². The fraction of sp³-hybridized carbons (Fsp3) is 0.381. The van der Waals surface area contributed by atoms with Crippen LogP contribution < -0.4 is 9.47 Å². The molecule has 178 valence electrons. The van der Waals surface area contributed by atoms with Crippen LogP contribution in [0, 0.1) is 0 Å². The molecule has 2 aliphatic heterocycles. The van der Waals surface area contributed by atoms with Crippen molar-refractivity contribution >= 4 is 5.78 Å². The van der Waals surface area contributed by atoms with Crippen LogP contribution >= 0.6 is 0 Å². The lowest BCUT2D eigenvalue weighted by Gasteiger charge is -2.39. The quantitative estimate of drug-likeness (QED) is 0.263. The SMILES string of the molecule is O=C1c2c(O)cc(O)cc2O[C@H](c2ccc(O[C@H]3O[C@@H](CO)[C@H](O)[C@H](O)[C@@H]3O)c(O)c2)[C@@H]1O. The minimum absolute atomic E-state index is 0.142. The standard InChI is InChI=1S/C21H22O12/c22-6-13-15(26)17(28)19(30)21(33-13)32-11-2-1-7(3-9(11)24)20-18(29)16(27)14-10(25)4-8(23)5-12(14)31-20/h1-5,13,15,17-26,28-30H,6H2/t13-,15-,17-,18+,19-,20+,21-/m0/s1. The van der Waals surface area contributed by atoms with Gasteiger partial charge in [-0.3, -0.25) is 4.79 Å². The third-order valence-corrected chi connectivity index (χ3v) is 5.52. The first-order valence-electron chi connectivity index (χ1n) is 9.87. The highest BCUT2D eigenvalue weighted by atomic mass is 16.7. The molecule has 8 N–H and O–H groups in total. The molecular formula is C21H22O12. The van der Waals surface area contributed by atoms with Gasteiger partial charge < -0.3 is 55.1 Å². The minimum Gasteiger partial charge on any atom is -0.508 e. The van der Waals surface area contributed by atoms with E-state index in [0.29, 0.717) is 0 Å². The van der Waals surface area contributed by atoms with Crippen molar-refractivity contribution in [3.63, 3.8) is 0 Å². The number of carbonyl (C=O) groups excluding carboxylic acids is 1. The Labute approximate surface area is 186 Å². The molecule has 0 unspecified atom stereocenters. The molecule has 7 atom stereocenters. The average Bonchev–Trinajstić information content (AvgIpc) is 2.77. The number of benzene rings is 2. The number of fused-ring (bicyclic) bond motifs is 1. The number of aliphatic hydroxyl groups excluding tert-OH is 5. The molecule has 0 saturated carbocycles. The van der Waals surface area contributed by atoms with Crippen molar-refractivity contribution in [1.29, 1.82) is 0 Å². The Kier molecular flexibility index (Phi) is 6.05. The molecule has 0 aromatic heterocycles. The van der Waals surface area contributed by atoms with Crippen LogP contribution in [0.5, 0.6) is 28.7 Å². The van der Waals surface area contributed by atoms with E-state index in [4.69, 9.17) is 14.2 Å². The van der Waals surface area contributed by atoms with E-state index < -0.39 is 66.8 Å². The number of hydrogen-bond acceptors (Lipinski definition) is 12. The zero-order chi connectivity index (χ0) is 24.0. The lowest BCUT2D eigenvalue weighted by atomic mass is 9.92. The van der Waals surface area contributed by atoms with Gasteiger partial charge in [0.25, 0.3) is 0 Å². The van der Waals surface area contributed by atoms with Crippen LogP contribution in [0.2, 0.25) is 0 Å². The van der Waals surface area contributed by atoms with Crippen molar-refractivity contribution in [2.24, 2.45) is 0 Å². The van der Waals surface area contributed by atoms with E-state index in [9.17, 15) is 45.6 Å². The third kappa shape index (κ3) is 4.04. The van der Waals surface area contributed by atoms with E-state index in [-0.39, 0.29) is 28.4 Å². The van der Waals surface area contributed by atoms with Crippen LogP contribution in [0.3, 0.4) is 0 Å². The molecule has 0 spiro atoms. The predicted octanol–water partition coefficient (Wildman–Crippen LogP) is -1.34. The molecule has 12 nitrogen and oxygen atoms in total. The third-order valence-electron chi connectivity index (χ3n) is 5.52. The maximum absolute atomic E-state index is 12.5. The van der Waals surface area contributed by atoms with Crippen LogP contribution in [0.15, 0.2) is 30.3 Å². The van der Waals surface area contributed by atoms with Gasteiger partial charge in [-0.05, 0) is 17.7 Å². The number of ketones is 1. The first-order valence-corrected chi connectivity index (χ1v) is 9.87. The highest BCUT2D eigenvalue weighted by Gasteiger charge is 2.45. The summed E-state index contributed by atoms with van der Waals surface area (Å²) in [6, 6.07) is 5.72. The number of hydrogen-bond donors (Lipinski definition) is 8. The van der Waals surface area contributed by atoms with Gasteiger partial charge in [-0.2, -0.15) is 0 Å². The van der Waals surface area contributed by atoms with E-state index >= 15 is 0 Å². The monoisotopic (exact) mass is 466 g/mol. The number of phenols is 3. The van der Waals surface area contributed by atoms with Gasteiger partial charge >= 0.3 is 0 Å². The van der Waals surface area contributed by atoms with Crippen LogP contribution in [-0.2, 0) is 4.74 Å². The molecule has 0 aliphatic carbocycles. The average molecular weight is 466 g/mol. The first-order chi connectivity index (χ1) is 15.6. The summed E-state index contributed by atoms with van der Waals surface area (Å²) in [6.45, 7) is -0.659. The van der Waals surface area contributed by atoms with Crippen molar-refractivity contribution in [3.05, 3.63) is 41.5 Å². The maximum Gasteiger partial charge on any atom is 0.229 e. The Morgan fingerprint density at radius 3 is 2.30 bits per heavy atom. The normalized spacial score (nSPS) is 31.5. The fourth-order valence-corrected chi connectivity index (χ4v) is 3.77. The second kappa shape index (κ2) is 8.67. The predicted molar refractivity (Wildman–Crippen MR) is 106 cm³/mol. The Bertz CT molecular complexity index is 1050. The van der Waals surface area contributed by atoms with E-state index in [0.717, 1.165) is 18.2 Å². The van der Waals surface area contributed by atoms with Gasteiger partial charge in [0, 0.05) is 12.1 Å². The Balaban J connectivity index is 1.57.